The summed E-state index contributed by atoms with van der Waals surface area (Å²) in [6.07, 6.45) is 7.40. The lowest BCUT2D eigenvalue weighted by Gasteiger charge is -2.10. The maximum atomic E-state index is 12.0. The fourth-order valence-electron chi connectivity index (χ4n) is 2.69. The minimum Gasteiger partial charge on any atom is -0.351 e. The van der Waals surface area contributed by atoms with Gasteiger partial charge in [-0.05, 0) is 18.4 Å². The van der Waals surface area contributed by atoms with Gasteiger partial charge in [0.2, 0.25) is 10.0 Å². The van der Waals surface area contributed by atoms with E-state index in [-0.39, 0.29) is 10.8 Å². The van der Waals surface area contributed by atoms with Crippen LogP contribution in [0.15, 0.2) is 17.2 Å². The first-order valence-corrected chi connectivity index (χ1v) is 8.40. The number of nitrogens with one attached hydrogen (secondary N) is 1. The van der Waals surface area contributed by atoms with Crippen LogP contribution in [0.1, 0.15) is 42.6 Å². The fourth-order valence-corrected chi connectivity index (χ4v) is 3.28. The van der Waals surface area contributed by atoms with Gasteiger partial charge < -0.3 is 9.88 Å². The highest BCUT2D eigenvalue weighted by Crippen LogP contribution is 2.26. The molecule has 1 aliphatic rings. The second-order valence-corrected chi connectivity index (χ2v) is 6.97. The van der Waals surface area contributed by atoms with Gasteiger partial charge in [0.15, 0.2) is 0 Å². The van der Waals surface area contributed by atoms with Crippen molar-refractivity contribution in [2.75, 3.05) is 6.54 Å². The van der Waals surface area contributed by atoms with Gasteiger partial charge in [-0.25, -0.2) is 13.6 Å². The maximum Gasteiger partial charge on any atom is 0.267 e. The zero-order valence-corrected chi connectivity index (χ0v) is 12.4. The number of hydrogen-bond acceptors (Lipinski definition) is 3. The van der Waals surface area contributed by atoms with Crippen LogP contribution in [0, 0.1) is 5.92 Å². The zero-order valence-electron chi connectivity index (χ0n) is 11.6. The molecule has 20 heavy (non-hydrogen) atoms. The molecule has 0 atom stereocenters. The molecule has 1 aliphatic carbocycles. The van der Waals surface area contributed by atoms with E-state index >= 15 is 0 Å². The Morgan fingerprint density at radius 1 is 1.45 bits per heavy atom. The monoisotopic (exact) mass is 299 g/mol. The number of nitrogens with two attached hydrogens (primary N) is 1. The van der Waals surface area contributed by atoms with Crippen LogP contribution in [0.3, 0.4) is 0 Å². The third-order valence-corrected chi connectivity index (χ3v) is 4.73. The van der Waals surface area contributed by atoms with Crippen LogP contribution in [0.25, 0.3) is 0 Å². The van der Waals surface area contributed by atoms with Crippen LogP contribution in [-0.2, 0) is 17.1 Å². The Morgan fingerprint density at radius 2 is 2.10 bits per heavy atom. The Labute approximate surface area is 119 Å². The molecule has 1 aromatic heterocycles. The molecule has 1 aromatic rings. The largest absolute Gasteiger partial charge is 0.351 e. The van der Waals surface area contributed by atoms with Crippen LogP contribution < -0.4 is 10.5 Å². The summed E-state index contributed by atoms with van der Waals surface area (Å²) in [6, 6.07) is 1.31. The van der Waals surface area contributed by atoms with Crippen LogP contribution in [0.5, 0.6) is 0 Å². The Hall–Kier alpha value is -1.34. The molecule has 0 aromatic carbocycles. The Kier molecular flexibility index (Phi) is 4.49. The summed E-state index contributed by atoms with van der Waals surface area (Å²) >= 11 is 0. The van der Waals surface area contributed by atoms with Gasteiger partial charge in [-0.3, -0.25) is 4.79 Å². The molecule has 1 fully saturated rings. The number of primary sulfonamides is 1. The fraction of sp³-hybridized carbons (Fsp3) is 0.615. The lowest BCUT2D eigenvalue weighted by molar-refractivity contribution is 0.0943. The van der Waals surface area contributed by atoms with Crippen LogP contribution in [-0.4, -0.2) is 25.4 Å². The SMILES string of the molecule is Cn1cc(S(N)(=O)=O)cc1C(=O)NCCC1CCCC1. The molecule has 0 radical (unpaired) electrons. The number of rotatable bonds is 5. The van der Waals surface area contributed by atoms with Gasteiger partial charge in [0.05, 0.1) is 0 Å². The van der Waals surface area contributed by atoms with Gasteiger partial charge in [0, 0.05) is 19.8 Å². The summed E-state index contributed by atoms with van der Waals surface area (Å²) in [5.74, 6) is 0.448. The van der Waals surface area contributed by atoms with E-state index in [1.54, 1.807) is 7.05 Å². The third kappa shape index (κ3) is 3.61. The average molecular weight is 299 g/mol. The molecule has 0 saturated heterocycles. The summed E-state index contributed by atoms with van der Waals surface area (Å²) in [4.78, 5) is 12.0. The molecule has 3 N–H and O–H groups in total. The van der Waals surface area contributed by atoms with Crippen LogP contribution >= 0.6 is 0 Å². The van der Waals surface area contributed by atoms with E-state index < -0.39 is 10.0 Å². The van der Waals surface area contributed by atoms with Crippen molar-refractivity contribution < 1.29 is 13.2 Å². The van der Waals surface area contributed by atoms with Gasteiger partial charge >= 0.3 is 0 Å². The Morgan fingerprint density at radius 3 is 2.65 bits per heavy atom. The summed E-state index contributed by atoms with van der Waals surface area (Å²) in [6.45, 7) is 0.624. The second kappa shape index (κ2) is 5.97. The van der Waals surface area contributed by atoms with Crippen molar-refractivity contribution in [3.63, 3.8) is 0 Å². The third-order valence-electron chi connectivity index (χ3n) is 3.85. The Bertz CT molecular complexity index is 586. The molecule has 0 spiro atoms. The summed E-state index contributed by atoms with van der Waals surface area (Å²) in [5.41, 5.74) is 0.306. The number of hydrogen-bond donors (Lipinski definition) is 2. The molecule has 1 heterocycles. The predicted octanol–water partition coefficient (Wildman–Crippen LogP) is 0.983. The van der Waals surface area contributed by atoms with Crippen molar-refractivity contribution in [2.45, 2.75) is 37.0 Å². The molecular formula is C13H21N3O3S. The normalized spacial score (nSPS) is 16.5. The number of nitrogens with zero attached hydrogens (tertiary/aromatic N) is 1. The van der Waals surface area contributed by atoms with Crippen molar-refractivity contribution in [2.24, 2.45) is 18.1 Å². The van der Waals surface area contributed by atoms with Crippen LogP contribution in [0.2, 0.25) is 0 Å². The van der Waals surface area contributed by atoms with Crippen molar-refractivity contribution in [3.8, 4) is 0 Å². The zero-order chi connectivity index (χ0) is 14.8. The highest BCUT2D eigenvalue weighted by molar-refractivity contribution is 7.89. The summed E-state index contributed by atoms with van der Waals surface area (Å²) in [5, 5.41) is 7.89. The summed E-state index contributed by atoms with van der Waals surface area (Å²) in [7, 11) is -2.15. The van der Waals surface area contributed by atoms with Gasteiger partial charge in [0.25, 0.3) is 5.91 Å². The maximum absolute atomic E-state index is 12.0. The number of aromatic nitrogens is 1. The predicted molar refractivity (Wildman–Crippen MR) is 75.7 cm³/mol. The smallest absolute Gasteiger partial charge is 0.267 e. The minimum atomic E-state index is -3.77. The quantitative estimate of drug-likeness (QED) is 0.848. The van der Waals surface area contributed by atoms with E-state index in [2.05, 4.69) is 5.32 Å². The molecule has 0 bridgehead atoms. The lowest BCUT2D eigenvalue weighted by atomic mass is 10.0. The average Bonchev–Trinajstić information content (AvgIpc) is 2.97. The lowest BCUT2D eigenvalue weighted by Crippen LogP contribution is -2.27. The van der Waals surface area contributed by atoms with E-state index in [9.17, 15) is 13.2 Å². The first kappa shape index (κ1) is 15.1. The van der Waals surface area contributed by atoms with Gasteiger partial charge in [-0.2, -0.15) is 0 Å². The molecule has 2 rings (SSSR count). The van der Waals surface area contributed by atoms with Crippen LogP contribution in [0.4, 0.5) is 0 Å². The van der Waals surface area contributed by atoms with Gasteiger partial charge in [-0.15, -0.1) is 0 Å². The van der Waals surface area contributed by atoms with E-state index in [1.807, 2.05) is 0 Å². The molecule has 1 saturated carbocycles. The first-order valence-electron chi connectivity index (χ1n) is 6.85. The number of sulfonamides is 1. The highest BCUT2D eigenvalue weighted by Gasteiger charge is 2.18. The molecular weight excluding hydrogens is 278 g/mol. The number of carbonyl (C=O) groups excluding carboxylic acids is 1. The van der Waals surface area contributed by atoms with Crippen molar-refractivity contribution in [1.82, 2.24) is 9.88 Å². The van der Waals surface area contributed by atoms with Gasteiger partial charge in [-0.1, -0.05) is 25.7 Å². The van der Waals surface area contributed by atoms with E-state index in [0.717, 1.165) is 6.42 Å². The molecule has 0 aliphatic heterocycles. The summed E-state index contributed by atoms with van der Waals surface area (Å²) < 4.78 is 24.0. The molecule has 1 amide bonds. The van der Waals surface area contributed by atoms with E-state index in [0.29, 0.717) is 18.2 Å². The standard InChI is InChI=1S/C13H21N3O3S/c1-16-9-11(20(14,18)19)8-12(16)13(17)15-7-6-10-4-2-3-5-10/h8-10H,2-7H2,1H3,(H,15,17)(H2,14,18,19). The molecule has 112 valence electrons. The number of aryl methyl sites for hydroxylation is 1. The molecule has 0 unspecified atom stereocenters. The molecule has 6 nitrogen and oxygen atoms in total. The second-order valence-electron chi connectivity index (χ2n) is 5.41. The van der Waals surface area contributed by atoms with Gasteiger partial charge in [0.1, 0.15) is 10.6 Å². The minimum absolute atomic E-state index is 0.0408. The first-order chi connectivity index (χ1) is 9.38. The molecule has 7 heteroatoms. The van der Waals surface area contributed by atoms with Crippen molar-refractivity contribution in [1.29, 1.82) is 0 Å². The van der Waals surface area contributed by atoms with E-state index in [1.165, 1.54) is 42.5 Å². The van der Waals surface area contributed by atoms with Crippen molar-refractivity contribution >= 4 is 15.9 Å². The van der Waals surface area contributed by atoms with Crippen molar-refractivity contribution in [3.05, 3.63) is 18.0 Å². The van der Waals surface area contributed by atoms with E-state index in [4.69, 9.17) is 5.14 Å². The number of carbonyl (C=O) groups is 1. The Balaban J connectivity index is 1.93. The topological polar surface area (TPSA) is 94.2 Å². The highest BCUT2D eigenvalue weighted by atomic mass is 32.2. The number of amides is 1.